The number of pyridine rings is 1. The first-order chi connectivity index (χ1) is 9.40. The van der Waals surface area contributed by atoms with Crippen molar-refractivity contribution in [3.8, 4) is 0 Å². The number of likely N-dealkylation sites (tertiary alicyclic amines) is 1. The average Bonchev–Trinajstić information content (AvgIpc) is 3.29. The van der Waals surface area contributed by atoms with Crippen molar-refractivity contribution < 1.29 is 0 Å². The number of nitrogens with one attached hydrogen (secondary N) is 1. The first-order valence-corrected chi connectivity index (χ1v) is 7.76. The molecular weight excluding hydrogens is 234 g/mol. The zero-order valence-electron chi connectivity index (χ0n) is 11.7. The predicted octanol–water partition coefficient (Wildman–Crippen LogP) is 2.09. The highest BCUT2D eigenvalue weighted by Gasteiger charge is 2.24. The van der Waals surface area contributed by atoms with Crippen LogP contribution in [0, 0.1) is 5.92 Å². The quantitative estimate of drug-likeness (QED) is 0.848. The summed E-state index contributed by atoms with van der Waals surface area (Å²) in [6, 6.07) is 7.06. The van der Waals surface area contributed by atoms with Crippen molar-refractivity contribution in [2.75, 3.05) is 26.2 Å². The molecule has 2 heterocycles. The van der Waals surface area contributed by atoms with E-state index >= 15 is 0 Å². The molecule has 0 aromatic carbocycles. The molecule has 1 saturated carbocycles. The minimum absolute atomic E-state index is 0.851. The van der Waals surface area contributed by atoms with Gasteiger partial charge in [0.2, 0.25) is 0 Å². The molecule has 1 unspecified atom stereocenters. The monoisotopic (exact) mass is 259 g/mol. The minimum Gasteiger partial charge on any atom is -0.314 e. The van der Waals surface area contributed by atoms with Crippen molar-refractivity contribution >= 4 is 0 Å². The molecule has 0 spiro atoms. The molecule has 1 aromatic rings. The molecule has 19 heavy (non-hydrogen) atoms. The van der Waals surface area contributed by atoms with Gasteiger partial charge in [0.25, 0.3) is 0 Å². The summed E-state index contributed by atoms with van der Waals surface area (Å²) in [4.78, 5) is 7.03. The molecule has 104 valence electrons. The molecule has 1 N–H and O–H groups in total. The number of aromatic nitrogens is 1. The van der Waals surface area contributed by atoms with Gasteiger partial charge in [0.1, 0.15) is 0 Å². The lowest BCUT2D eigenvalue weighted by Gasteiger charge is -2.32. The molecule has 0 bridgehead atoms. The summed E-state index contributed by atoms with van der Waals surface area (Å²) in [7, 11) is 0. The number of hydrogen-bond acceptors (Lipinski definition) is 3. The normalized spacial score (nSPS) is 24.5. The Bertz CT molecular complexity index is 375. The van der Waals surface area contributed by atoms with Gasteiger partial charge < -0.3 is 10.2 Å². The molecule has 3 rings (SSSR count). The molecule has 1 aliphatic heterocycles. The second-order valence-electron chi connectivity index (χ2n) is 6.06. The molecule has 2 fully saturated rings. The van der Waals surface area contributed by atoms with Gasteiger partial charge in [-0.05, 0) is 56.8 Å². The smallest absolute Gasteiger partial charge is 0.0416 e. The summed E-state index contributed by atoms with van der Waals surface area (Å²) < 4.78 is 0. The molecule has 1 saturated heterocycles. The van der Waals surface area contributed by atoms with Crippen LogP contribution in [-0.2, 0) is 6.42 Å². The third-order valence-corrected chi connectivity index (χ3v) is 4.29. The standard InChI is InChI=1S/C16H25N3/c1-2-9-17-15(5-1)8-11-19-10-3-4-14(13-19)12-18-16-6-7-16/h1-2,5,9,14,16,18H,3-4,6-8,10-13H2. The Morgan fingerprint density at radius 2 is 2.21 bits per heavy atom. The van der Waals surface area contributed by atoms with Crippen molar-refractivity contribution in [3.63, 3.8) is 0 Å². The van der Waals surface area contributed by atoms with Gasteiger partial charge in [-0.25, -0.2) is 0 Å². The Kier molecular flexibility index (Phi) is 4.46. The van der Waals surface area contributed by atoms with Gasteiger partial charge in [-0.15, -0.1) is 0 Å². The minimum atomic E-state index is 0.851. The Balaban J connectivity index is 1.40. The molecular formula is C16H25N3. The summed E-state index contributed by atoms with van der Waals surface area (Å²) in [6.07, 6.45) is 8.54. The number of piperidine rings is 1. The zero-order valence-corrected chi connectivity index (χ0v) is 11.7. The lowest BCUT2D eigenvalue weighted by molar-refractivity contribution is 0.173. The van der Waals surface area contributed by atoms with Crippen LogP contribution in [0.4, 0.5) is 0 Å². The number of hydrogen-bond donors (Lipinski definition) is 1. The molecule has 1 atom stereocenters. The van der Waals surface area contributed by atoms with E-state index in [1.807, 2.05) is 12.3 Å². The zero-order chi connectivity index (χ0) is 12.9. The van der Waals surface area contributed by atoms with Crippen LogP contribution in [0.25, 0.3) is 0 Å². The third-order valence-electron chi connectivity index (χ3n) is 4.29. The van der Waals surface area contributed by atoms with E-state index in [0.717, 1.165) is 24.9 Å². The third kappa shape index (κ3) is 4.29. The SMILES string of the molecule is c1ccc(CCN2CCCC(CNC3CC3)C2)nc1. The fourth-order valence-electron chi connectivity index (χ4n) is 2.96. The van der Waals surface area contributed by atoms with E-state index in [4.69, 9.17) is 0 Å². The maximum Gasteiger partial charge on any atom is 0.0416 e. The van der Waals surface area contributed by atoms with Crippen LogP contribution in [0.1, 0.15) is 31.4 Å². The lowest BCUT2D eigenvalue weighted by atomic mass is 9.97. The predicted molar refractivity (Wildman–Crippen MR) is 78.1 cm³/mol. The van der Waals surface area contributed by atoms with Gasteiger partial charge in [-0.3, -0.25) is 4.98 Å². The van der Waals surface area contributed by atoms with Gasteiger partial charge in [-0.2, -0.15) is 0 Å². The van der Waals surface area contributed by atoms with Crippen LogP contribution in [0.15, 0.2) is 24.4 Å². The van der Waals surface area contributed by atoms with Crippen molar-refractivity contribution in [3.05, 3.63) is 30.1 Å². The van der Waals surface area contributed by atoms with E-state index in [1.54, 1.807) is 0 Å². The largest absolute Gasteiger partial charge is 0.314 e. The van der Waals surface area contributed by atoms with Crippen LogP contribution < -0.4 is 5.32 Å². The van der Waals surface area contributed by atoms with Crippen molar-refractivity contribution in [1.29, 1.82) is 0 Å². The topological polar surface area (TPSA) is 28.2 Å². The first kappa shape index (κ1) is 13.1. The van der Waals surface area contributed by atoms with Crippen LogP contribution in [0.3, 0.4) is 0 Å². The average molecular weight is 259 g/mol. The van der Waals surface area contributed by atoms with Gasteiger partial charge in [-0.1, -0.05) is 6.07 Å². The summed E-state index contributed by atoms with van der Waals surface area (Å²) in [5, 5.41) is 3.68. The van der Waals surface area contributed by atoms with Gasteiger partial charge >= 0.3 is 0 Å². The molecule has 0 radical (unpaired) electrons. The van der Waals surface area contributed by atoms with Gasteiger partial charge in [0, 0.05) is 37.4 Å². The summed E-state index contributed by atoms with van der Waals surface area (Å²) in [5.74, 6) is 0.859. The van der Waals surface area contributed by atoms with E-state index < -0.39 is 0 Å². The lowest BCUT2D eigenvalue weighted by Crippen LogP contribution is -2.40. The Morgan fingerprint density at radius 1 is 1.26 bits per heavy atom. The molecule has 3 nitrogen and oxygen atoms in total. The van der Waals surface area contributed by atoms with Crippen LogP contribution in [0.2, 0.25) is 0 Å². The number of nitrogens with zero attached hydrogens (tertiary/aromatic N) is 2. The molecule has 3 heteroatoms. The fourth-order valence-corrected chi connectivity index (χ4v) is 2.96. The fraction of sp³-hybridized carbons (Fsp3) is 0.688. The molecule has 0 amide bonds. The molecule has 1 aliphatic carbocycles. The Labute approximate surface area is 116 Å². The highest BCUT2D eigenvalue weighted by Crippen LogP contribution is 2.21. The Hall–Kier alpha value is -0.930. The van der Waals surface area contributed by atoms with Crippen molar-refractivity contribution in [2.24, 2.45) is 5.92 Å². The molecule has 2 aliphatic rings. The van der Waals surface area contributed by atoms with Gasteiger partial charge in [0.15, 0.2) is 0 Å². The molecule has 1 aromatic heterocycles. The van der Waals surface area contributed by atoms with Gasteiger partial charge in [0.05, 0.1) is 0 Å². The van der Waals surface area contributed by atoms with E-state index in [-0.39, 0.29) is 0 Å². The van der Waals surface area contributed by atoms with Crippen LogP contribution in [-0.4, -0.2) is 42.1 Å². The van der Waals surface area contributed by atoms with Crippen LogP contribution in [0.5, 0.6) is 0 Å². The maximum atomic E-state index is 4.41. The van der Waals surface area contributed by atoms with Crippen LogP contribution >= 0.6 is 0 Å². The van der Waals surface area contributed by atoms with E-state index in [9.17, 15) is 0 Å². The highest BCUT2D eigenvalue weighted by atomic mass is 15.1. The van der Waals surface area contributed by atoms with E-state index in [2.05, 4.69) is 27.3 Å². The maximum absolute atomic E-state index is 4.41. The Morgan fingerprint density at radius 3 is 3.00 bits per heavy atom. The summed E-state index contributed by atoms with van der Waals surface area (Å²) >= 11 is 0. The second kappa shape index (κ2) is 6.49. The highest BCUT2D eigenvalue weighted by molar-refractivity contribution is 5.03. The first-order valence-electron chi connectivity index (χ1n) is 7.76. The summed E-state index contributed by atoms with van der Waals surface area (Å²) in [6.45, 7) is 4.93. The van der Waals surface area contributed by atoms with E-state index in [0.29, 0.717) is 0 Å². The van der Waals surface area contributed by atoms with Crippen molar-refractivity contribution in [1.82, 2.24) is 15.2 Å². The number of rotatable bonds is 6. The van der Waals surface area contributed by atoms with Crippen molar-refractivity contribution in [2.45, 2.75) is 38.1 Å². The van der Waals surface area contributed by atoms with E-state index in [1.165, 1.54) is 51.0 Å². The summed E-state index contributed by atoms with van der Waals surface area (Å²) in [5.41, 5.74) is 1.22. The second-order valence-corrected chi connectivity index (χ2v) is 6.06.